The third kappa shape index (κ3) is 4.15. The van der Waals surface area contributed by atoms with Crippen LogP contribution in [0.3, 0.4) is 0 Å². The molecule has 0 amide bonds. The van der Waals surface area contributed by atoms with Crippen molar-refractivity contribution in [2.24, 2.45) is 11.8 Å². The summed E-state index contributed by atoms with van der Waals surface area (Å²) in [6, 6.07) is 0. The molecule has 1 heterocycles. The molecule has 0 saturated carbocycles. The highest BCUT2D eigenvalue weighted by molar-refractivity contribution is 7.87. The fraction of sp³-hybridized carbons (Fsp3) is 1.00. The molecule has 0 radical (unpaired) electrons. The van der Waals surface area contributed by atoms with Crippen LogP contribution in [-0.2, 0) is 10.2 Å². The number of hydrogen-bond acceptors (Lipinski definition) is 3. The topological polar surface area (TPSA) is 69.6 Å². The number of nitrogens with zero attached hydrogens (tertiary/aromatic N) is 1. The third-order valence-electron chi connectivity index (χ3n) is 4.18. The Balaban J connectivity index is 2.85. The zero-order chi connectivity index (χ0) is 14.7. The molecule has 6 heteroatoms. The van der Waals surface area contributed by atoms with Gasteiger partial charge in [0.25, 0.3) is 10.2 Å². The molecular weight excluding hydrogens is 264 g/mol. The van der Waals surface area contributed by atoms with E-state index in [0.29, 0.717) is 37.8 Å². The Kier molecular flexibility index (Phi) is 5.79. The van der Waals surface area contributed by atoms with E-state index in [1.165, 1.54) is 4.31 Å². The molecule has 114 valence electrons. The smallest absolute Gasteiger partial charge is 0.280 e. The first-order valence-corrected chi connectivity index (χ1v) is 8.62. The predicted octanol–water partition coefficient (Wildman–Crippen LogP) is 1.35. The summed E-state index contributed by atoms with van der Waals surface area (Å²) in [6.45, 7) is 8.91. The van der Waals surface area contributed by atoms with Gasteiger partial charge in [-0.05, 0) is 31.1 Å². The van der Waals surface area contributed by atoms with Crippen LogP contribution >= 0.6 is 0 Å². The van der Waals surface area contributed by atoms with E-state index < -0.39 is 15.7 Å². The number of nitrogens with one attached hydrogen (secondary N) is 1. The Hall–Kier alpha value is -0.170. The van der Waals surface area contributed by atoms with Gasteiger partial charge in [0.1, 0.15) is 0 Å². The molecule has 1 fully saturated rings. The molecule has 2 atom stereocenters. The zero-order valence-corrected chi connectivity index (χ0v) is 13.3. The monoisotopic (exact) mass is 292 g/mol. The molecule has 0 aromatic heterocycles. The number of aliphatic hydroxyl groups is 1. The predicted molar refractivity (Wildman–Crippen MR) is 77.0 cm³/mol. The molecule has 2 unspecified atom stereocenters. The second-order valence-corrected chi connectivity index (χ2v) is 7.69. The van der Waals surface area contributed by atoms with Crippen molar-refractivity contribution >= 4 is 10.2 Å². The van der Waals surface area contributed by atoms with Gasteiger partial charge in [0.2, 0.25) is 0 Å². The fourth-order valence-electron chi connectivity index (χ4n) is 2.79. The van der Waals surface area contributed by atoms with E-state index in [2.05, 4.69) is 18.6 Å². The third-order valence-corrected chi connectivity index (χ3v) is 5.85. The fourth-order valence-corrected chi connectivity index (χ4v) is 4.72. The summed E-state index contributed by atoms with van der Waals surface area (Å²) in [5.41, 5.74) is -0.733. The molecule has 1 rings (SSSR count). The first-order valence-electron chi connectivity index (χ1n) is 7.18. The number of aliphatic hydroxyl groups excluding tert-OH is 1. The van der Waals surface area contributed by atoms with Gasteiger partial charge in [0.15, 0.2) is 0 Å². The lowest BCUT2D eigenvalue weighted by Gasteiger charge is -2.38. The van der Waals surface area contributed by atoms with Crippen LogP contribution in [-0.4, -0.2) is 43.1 Å². The summed E-state index contributed by atoms with van der Waals surface area (Å²) in [7, 11) is -3.52. The average Bonchev–Trinajstić information content (AvgIpc) is 2.35. The van der Waals surface area contributed by atoms with Crippen molar-refractivity contribution in [1.29, 1.82) is 0 Å². The molecule has 0 bridgehead atoms. The minimum atomic E-state index is -3.52. The van der Waals surface area contributed by atoms with Crippen molar-refractivity contribution in [3.8, 4) is 0 Å². The van der Waals surface area contributed by atoms with Crippen LogP contribution in [0.5, 0.6) is 0 Å². The van der Waals surface area contributed by atoms with E-state index in [9.17, 15) is 13.5 Å². The average molecular weight is 292 g/mol. The summed E-state index contributed by atoms with van der Waals surface area (Å²) in [5, 5.41) is 9.50. The summed E-state index contributed by atoms with van der Waals surface area (Å²) in [6.07, 6.45) is 2.23. The maximum Gasteiger partial charge on any atom is 0.280 e. The molecule has 5 nitrogen and oxygen atoms in total. The van der Waals surface area contributed by atoms with E-state index in [4.69, 9.17) is 0 Å². The van der Waals surface area contributed by atoms with E-state index in [1.54, 1.807) is 0 Å². The Morgan fingerprint density at radius 2 is 1.68 bits per heavy atom. The molecule has 0 spiro atoms. The second-order valence-electron chi connectivity index (χ2n) is 6.02. The van der Waals surface area contributed by atoms with Crippen molar-refractivity contribution < 1.29 is 13.5 Å². The van der Waals surface area contributed by atoms with E-state index >= 15 is 0 Å². The van der Waals surface area contributed by atoms with Gasteiger partial charge in [-0.15, -0.1) is 0 Å². The van der Waals surface area contributed by atoms with Crippen LogP contribution < -0.4 is 4.72 Å². The molecule has 0 aliphatic carbocycles. The minimum absolute atomic E-state index is 0.168. The number of piperidine rings is 1. The van der Waals surface area contributed by atoms with Crippen LogP contribution in [0.25, 0.3) is 0 Å². The largest absolute Gasteiger partial charge is 0.394 e. The number of hydrogen-bond donors (Lipinski definition) is 2. The second kappa shape index (κ2) is 6.52. The molecule has 1 saturated heterocycles. The highest BCUT2D eigenvalue weighted by Gasteiger charge is 2.36. The summed E-state index contributed by atoms with van der Waals surface area (Å²) in [5.74, 6) is 0.763. The Bertz CT molecular complexity index is 361. The van der Waals surface area contributed by atoms with Crippen LogP contribution in [0.2, 0.25) is 0 Å². The van der Waals surface area contributed by atoms with Gasteiger partial charge < -0.3 is 5.11 Å². The molecule has 2 N–H and O–H groups in total. The summed E-state index contributed by atoms with van der Waals surface area (Å²) < 4.78 is 29.2. The van der Waals surface area contributed by atoms with Gasteiger partial charge in [-0.3, -0.25) is 0 Å². The van der Waals surface area contributed by atoms with E-state index in [1.807, 2.05) is 13.8 Å². The van der Waals surface area contributed by atoms with Gasteiger partial charge in [-0.25, -0.2) is 0 Å². The Labute approximate surface area is 117 Å². The van der Waals surface area contributed by atoms with Crippen LogP contribution in [0.4, 0.5) is 0 Å². The first-order chi connectivity index (χ1) is 8.78. The molecular formula is C13H28N2O3S. The lowest BCUT2D eigenvalue weighted by atomic mass is 9.94. The summed E-state index contributed by atoms with van der Waals surface area (Å²) >= 11 is 0. The number of rotatable bonds is 6. The Morgan fingerprint density at radius 1 is 1.21 bits per heavy atom. The molecule has 1 aliphatic rings. The molecule has 19 heavy (non-hydrogen) atoms. The van der Waals surface area contributed by atoms with E-state index in [0.717, 1.165) is 6.42 Å². The van der Waals surface area contributed by atoms with Gasteiger partial charge in [0.05, 0.1) is 12.1 Å². The quantitative estimate of drug-likeness (QED) is 0.776. The lowest BCUT2D eigenvalue weighted by molar-refractivity contribution is 0.164. The normalized spacial score (nSPS) is 26.6. The zero-order valence-electron chi connectivity index (χ0n) is 12.5. The van der Waals surface area contributed by atoms with Crippen LogP contribution in [0, 0.1) is 11.8 Å². The van der Waals surface area contributed by atoms with Gasteiger partial charge in [-0.1, -0.05) is 27.7 Å². The van der Waals surface area contributed by atoms with Crippen molar-refractivity contribution in [3.05, 3.63) is 0 Å². The SMILES string of the molecule is CCC(CC)(CO)NS(=O)(=O)N1CC(C)CC(C)C1. The van der Waals surface area contributed by atoms with Gasteiger partial charge in [0, 0.05) is 13.1 Å². The minimum Gasteiger partial charge on any atom is -0.394 e. The van der Waals surface area contributed by atoms with E-state index in [-0.39, 0.29) is 6.61 Å². The van der Waals surface area contributed by atoms with Crippen molar-refractivity contribution in [3.63, 3.8) is 0 Å². The first kappa shape index (κ1) is 16.9. The maximum atomic E-state index is 12.5. The summed E-state index contributed by atoms with van der Waals surface area (Å²) in [4.78, 5) is 0. The van der Waals surface area contributed by atoms with Gasteiger partial charge in [-0.2, -0.15) is 17.4 Å². The maximum absolute atomic E-state index is 12.5. The van der Waals surface area contributed by atoms with Crippen molar-refractivity contribution in [2.45, 2.75) is 52.5 Å². The van der Waals surface area contributed by atoms with Crippen molar-refractivity contribution in [2.75, 3.05) is 19.7 Å². The van der Waals surface area contributed by atoms with Crippen LogP contribution in [0.1, 0.15) is 47.0 Å². The standard InChI is InChI=1S/C13H28N2O3S/c1-5-13(6-2,10-16)14-19(17,18)15-8-11(3)7-12(4)9-15/h11-12,14,16H,5-10H2,1-4H3. The Morgan fingerprint density at radius 3 is 2.05 bits per heavy atom. The molecule has 0 aromatic rings. The lowest BCUT2D eigenvalue weighted by Crippen LogP contribution is -2.57. The van der Waals surface area contributed by atoms with Gasteiger partial charge >= 0.3 is 0 Å². The molecule has 0 aromatic carbocycles. The highest BCUT2D eigenvalue weighted by Crippen LogP contribution is 2.24. The van der Waals surface area contributed by atoms with Crippen LogP contribution in [0.15, 0.2) is 0 Å². The van der Waals surface area contributed by atoms with Crippen molar-refractivity contribution in [1.82, 2.24) is 9.03 Å². The highest BCUT2D eigenvalue weighted by atomic mass is 32.2. The molecule has 1 aliphatic heterocycles.